The molecule has 2 aromatic carbocycles. The zero-order valence-corrected chi connectivity index (χ0v) is 21.2. The van der Waals surface area contributed by atoms with Crippen LogP contribution in [0, 0.1) is 19.8 Å². The summed E-state index contributed by atoms with van der Waals surface area (Å²) >= 11 is 0. The van der Waals surface area contributed by atoms with E-state index in [4.69, 9.17) is 14.7 Å². The van der Waals surface area contributed by atoms with Crippen LogP contribution in [-0.4, -0.2) is 42.0 Å². The minimum atomic E-state index is 0.107. The molecule has 0 aliphatic heterocycles. The number of rotatable bonds is 6. The second-order valence-corrected chi connectivity index (χ2v) is 9.79. The van der Waals surface area contributed by atoms with E-state index < -0.39 is 0 Å². The van der Waals surface area contributed by atoms with Gasteiger partial charge < -0.3 is 15.0 Å². The van der Waals surface area contributed by atoms with Gasteiger partial charge in [0.2, 0.25) is 5.91 Å². The van der Waals surface area contributed by atoms with Crippen molar-refractivity contribution in [3.05, 3.63) is 58.9 Å². The van der Waals surface area contributed by atoms with Crippen molar-refractivity contribution in [2.45, 2.75) is 58.4 Å². The lowest BCUT2D eigenvalue weighted by Gasteiger charge is -2.30. The van der Waals surface area contributed by atoms with Gasteiger partial charge in [-0.1, -0.05) is 29.8 Å². The van der Waals surface area contributed by atoms with E-state index in [1.54, 1.807) is 12.0 Å². The molecular formula is C28H36N4O2. The second-order valence-electron chi connectivity index (χ2n) is 9.79. The fourth-order valence-corrected chi connectivity index (χ4v) is 5.14. The molecule has 0 saturated heterocycles. The number of nitrogens with one attached hydrogen (secondary N) is 1. The topological polar surface area (TPSA) is 67.4 Å². The Balaban J connectivity index is 1.66. The second kappa shape index (κ2) is 10.00. The van der Waals surface area contributed by atoms with Gasteiger partial charge in [-0.2, -0.15) is 0 Å². The average molecular weight is 461 g/mol. The van der Waals surface area contributed by atoms with E-state index in [0.717, 1.165) is 54.0 Å². The SMILES string of the molecule is COc1cc2nc(C)nc(N[C@H](C)c3cccc(C)c3)c2cc1C1CCC(C(=O)N(C)C)CC1. The molecule has 1 N–H and O–H groups in total. The number of aromatic nitrogens is 2. The minimum Gasteiger partial charge on any atom is -0.496 e. The highest BCUT2D eigenvalue weighted by Gasteiger charge is 2.30. The third-order valence-corrected chi connectivity index (χ3v) is 7.01. The molecular weight excluding hydrogens is 424 g/mol. The molecule has 1 aliphatic rings. The lowest BCUT2D eigenvalue weighted by Crippen LogP contribution is -2.32. The van der Waals surface area contributed by atoms with Crippen molar-refractivity contribution >= 4 is 22.6 Å². The van der Waals surface area contributed by atoms with Gasteiger partial charge in [-0.15, -0.1) is 0 Å². The molecule has 34 heavy (non-hydrogen) atoms. The highest BCUT2D eigenvalue weighted by molar-refractivity contribution is 5.91. The van der Waals surface area contributed by atoms with Crippen LogP contribution in [0.3, 0.4) is 0 Å². The third kappa shape index (κ3) is 5.01. The predicted molar refractivity (Wildman–Crippen MR) is 137 cm³/mol. The number of fused-ring (bicyclic) bond motifs is 1. The summed E-state index contributed by atoms with van der Waals surface area (Å²) < 4.78 is 5.81. The first kappa shape index (κ1) is 24.0. The third-order valence-electron chi connectivity index (χ3n) is 7.01. The van der Waals surface area contributed by atoms with Gasteiger partial charge in [-0.25, -0.2) is 9.97 Å². The molecule has 1 saturated carbocycles. The van der Waals surface area contributed by atoms with Gasteiger partial charge >= 0.3 is 0 Å². The van der Waals surface area contributed by atoms with Gasteiger partial charge in [0.1, 0.15) is 17.4 Å². The Morgan fingerprint density at radius 1 is 1.09 bits per heavy atom. The summed E-state index contributed by atoms with van der Waals surface area (Å²) in [5, 5.41) is 4.64. The number of anilines is 1. The van der Waals surface area contributed by atoms with Crippen molar-refractivity contribution in [1.29, 1.82) is 0 Å². The Hall–Kier alpha value is -3.15. The Morgan fingerprint density at radius 3 is 2.47 bits per heavy atom. The van der Waals surface area contributed by atoms with E-state index >= 15 is 0 Å². The molecule has 1 aliphatic carbocycles. The number of carbonyl (C=O) groups excluding carboxylic acids is 1. The molecule has 1 atom stereocenters. The van der Waals surface area contributed by atoms with Gasteiger partial charge in [0, 0.05) is 37.5 Å². The number of aryl methyl sites for hydroxylation is 2. The van der Waals surface area contributed by atoms with Crippen molar-refractivity contribution in [1.82, 2.24) is 14.9 Å². The summed E-state index contributed by atoms with van der Waals surface area (Å²) in [5.41, 5.74) is 4.53. The smallest absolute Gasteiger partial charge is 0.225 e. The Labute approximate surface area is 202 Å². The highest BCUT2D eigenvalue weighted by Crippen LogP contribution is 2.42. The number of hydrogen-bond donors (Lipinski definition) is 1. The molecule has 0 spiro atoms. The molecule has 1 amide bonds. The molecule has 0 unspecified atom stereocenters. The van der Waals surface area contributed by atoms with Gasteiger partial charge in [-0.05, 0) is 69.6 Å². The number of benzene rings is 2. The molecule has 1 heterocycles. The Kier molecular flexibility index (Phi) is 7.05. The Morgan fingerprint density at radius 2 is 1.82 bits per heavy atom. The van der Waals surface area contributed by atoms with E-state index in [1.807, 2.05) is 27.1 Å². The quantitative estimate of drug-likeness (QED) is 0.504. The van der Waals surface area contributed by atoms with Crippen LogP contribution in [0.5, 0.6) is 5.75 Å². The first-order valence-corrected chi connectivity index (χ1v) is 12.2. The van der Waals surface area contributed by atoms with Gasteiger partial charge in [0.05, 0.1) is 12.6 Å². The van der Waals surface area contributed by atoms with Crippen LogP contribution in [0.4, 0.5) is 5.82 Å². The van der Waals surface area contributed by atoms with Crippen molar-refractivity contribution in [2.75, 3.05) is 26.5 Å². The Bertz CT molecular complexity index is 1180. The number of nitrogens with zero attached hydrogens (tertiary/aromatic N) is 3. The lowest BCUT2D eigenvalue weighted by molar-refractivity contribution is -0.134. The van der Waals surface area contributed by atoms with E-state index in [1.165, 1.54) is 16.7 Å². The van der Waals surface area contributed by atoms with E-state index in [0.29, 0.717) is 5.92 Å². The van der Waals surface area contributed by atoms with Crippen molar-refractivity contribution in [2.24, 2.45) is 5.92 Å². The fraction of sp³-hybridized carbons (Fsp3) is 0.464. The minimum absolute atomic E-state index is 0.107. The van der Waals surface area contributed by atoms with Crippen LogP contribution >= 0.6 is 0 Å². The largest absolute Gasteiger partial charge is 0.496 e. The summed E-state index contributed by atoms with van der Waals surface area (Å²) in [7, 11) is 5.41. The highest BCUT2D eigenvalue weighted by atomic mass is 16.5. The van der Waals surface area contributed by atoms with Crippen LogP contribution < -0.4 is 10.1 Å². The van der Waals surface area contributed by atoms with Crippen LogP contribution in [-0.2, 0) is 4.79 Å². The van der Waals surface area contributed by atoms with Crippen LogP contribution in [0.15, 0.2) is 36.4 Å². The summed E-state index contributed by atoms with van der Waals surface area (Å²) in [6, 6.07) is 12.9. The van der Waals surface area contributed by atoms with Crippen LogP contribution in [0.2, 0.25) is 0 Å². The molecule has 180 valence electrons. The molecule has 3 aromatic rings. The van der Waals surface area contributed by atoms with Crippen LogP contribution in [0.1, 0.15) is 67.1 Å². The molecule has 4 rings (SSSR count). The van der Waals surface area contributed by atoms with Crippen LogP contribution in [0.25, 0.3) is 10.9 Å². The number of methoxy groups -OCH3 is 1. The first-order chi connectivity index (χ1) is 16.3. The molecule has 1 fully saturated rings. The normalized spacial score (nSPS) is 19.0. The first-order valence-electron chi connectivity index (χ1n) is 12.2. The van der Waals surface area contributed by atoms with Crippen molar-refractivity contribution in [3.63, 3.8) is 0 Å². The zero-order valence-electron chi connectivity index (χ0n) is 21.2. The maximum absolute atomic E-state index is 12.4. The molecule has 6 nitrogen and oxygen atoms in total. The van der Waals surface area contributed by atoms with E-state index in [9.17, 15) is 4.79 Å². The number of amides is 1. The standard InChI is InChI=1S/C28H36N4O2/c1-17-8-7-9-22(14-17)18(2)29-27-24-15-23(26(34-6)16-25(24)30-19(3)31-27)20-10-12-21(13-11-20)28(33)32(4)5/h7-9,14-16,18,20-21H,10-13H2,1-6H3,(H,29,30,31)/t18-,20?,21?/m1/s1. The van der Waals surface area contributed by atoms with Gasteiger partial charge in [0.25, 0.3) is 0 Å². The molecule has 6 heteroatoms. The van der Waals surface area contributed by atoms with E-state index in [2.05, 4.69) is 49.5 Å². The average Bonchev–Trinajstić information content (AvgIpc) is 2.82. The summed E-state index contributed by atoms with van der Waals surface area (Å²) in [4.78, 5) is 23.6. The monoisotopic (exact) mass is 460 g/mol. The fourth-order valence-electron chi connectivity index (χ4n) is 5.14. The lowest BCUT2D eigenvalue weighted by atomic mass is 9.77. The van der Waals surface area contributed by atoms with Gasteiger partial charge in [-0.3, -0.25) is 4.79 Å². The number of hydrogen-bond acceptors (Lipinski definition) is 5. The molecule has 1 aromatic heterocycles. The maximum Gasteiger partial charge on any atom is 0.225 e. The summed E-state index contributed by atoms with van der Waals surface area (Å²) in [5.74, 6) is 3.15. The van der Waals surface area contributed by atoms with Crippen molar-refractivity contribution < 1.29 is 9.53 Å². The number of ether oxygens (including phenoxy) is 1. The van der Waals surface area contributed by atoms with Gasteiger partial charge in [0.15, 0.2) is 0 Å². The summed E-state index contributed by atoms with van der Waals surface area (Å²) in [6.07, 6.45) is 3.76. The molecule has 0 bridgehead atoms. The predicted octanol–water partition coefficient (Wildman–Crippen LogP) is 5.79. The molecule has 0 radical (unpaired) electrons. The van der Waals surface area contributed by atoms with Crippen molar-refractivity contribution in [3.8, 4) is 5.75 Å². The maximum atomic E-state index is 12.4. The summed E-state index contributed by atoms with van der Waals surface area (Å²) in [6.45, 7) is 6.19. The zero-order chi connectivity index (χ0) is 24.4. The number of carbonyl (C=O) groups is 1. The van der Waals surface area contributed by atoms with E-state index in [-0.39, 0.29) is 17.9 Å².